The van der Waals surface area contributed by atoms with Crippen molar-refractivity contribution in [3.8, 4) is 0 Å². The number of H-pyrrole nitrogens is 2. The first-order valence-corrected chi connectivity index (χ1v) is 21.9. The SMILES string of the molecule is NC1(N)CCCCC1.Nc1nc2ncc(CNc3ccc(C(=O)N[C@@H](CCC(=O)[O-])C(=O)O)cc3)nc2c(=O)[nH]1.Nc1nc2ncc(CNc3ccc(C(=O)N[C@@H](CCC(=O)[O-])C(=O)O)cc3)nc2c(=O)[nH]1.[Pt+2]. The fourth-order valence-electron chi connectivity index (χ4n) is 6.71. The van der Waals surface area contributed by atoms with E-state index < -0.39 is 71.7 Å². The number of nitrogen functional groups attached to an aromatic ring is 2. The molecule has 1 saturated carbocycles. The van der Waals surface area contributed by atoms with Crippen molar-refractivity contribution in [2.24, 2.45) is 11.5 Å². The summed E-state index contributed by atoms with van der Waals surface area (Å²) in [6, 6.07) is 9.56. The molecule has 388 valence electrons. The predicted octanol–water partition coefficient (Wildman–Crippen LogP) is -2.20. The van der Waals surface area contributed by atoms with Crippen LogP contribution in [0.1, 0.15) is 89.9 Å². The molecule has 0 bridgehead atoms. The van der Waals surface area contributed by atoms with Gasteiger partial charge in [0.15, 0.2) is 22.3 Å². The topological polar surface area (TPSA) is 484 Å². The molecule has 0 saturated heterocycles. The van der Waals surface area contributed by atoms with Crippen molar-refractivity contribution >= 4 is 81.3 Å². The minimum Gasteiger partial charge on any atom is -0.550 e. The Morgan fingerprint density at radius 1 is 0.616 bits per heavy atom. The molecule has 0 unspecified atom stereocenters. The molecule has 2 amide bonds. The number of anilines is 4. The third kappa shape index (κ3) is 18.0. The van der Waals surface area contributed by atoms with Gasteiger partial charge in [0.2, 0.25) is 11.9 Å². The van der Waals surface area contributed by atoms with Crippen molar-refractivity contribution < 1.29 is 70.3 Å². The van der Waals surface area contributed by atoms with E-state index in [1.165, 1.54) is 55.9 Å². The Hall–Kier alpha value is -8.49. The maximum absolute atomic E-state index is 12.3. The van der Waals surface area contributed by atoms with E-state index in [-0.39, 0.29) is 98.0 Å². The second kappa shape index (κ2) is 26.6. The number of carbonyl (C=O) groups excluding carboxylic acids is 4. The fraction of sp³-hybridized carbons (Fsp3) is 0.318. The minimum atomic E-state index is -1.40. The van der Waals surface area contributed by atoms with Crippen molar-refractivity contribution in [3.63, 3.8) is 0 Å². The van der Waals surface area contributed by atoms with E-state index in [1.54, 1.807) is 24.3 Å². The van der Waals surface area contributed by atoms with Crippen LogP contribution in [0.4, 0.5) is 23.3 Å². The standard InChI is InChI=1S/2C19H19N7O6.C6H14N2.Pt/c2*20-19-25-15-14(17(30)26-19)23-11(8-22-15)7-21-10-3-1-9(2-4-10)16(29)24-12(18(31)32)5-6-13(27)28;7-6(8)4-2-1-3-5-6;/h2*1-4,8,12,21H,5-7H2,(H,24,29)(H,27,28)(H,31,32)(H3,20,22,25,26,30);1-5,7-8H2;/q;;;+2/p-2/t2*12-;;/m00../s1. The smallest absolute Gasteiger partial charge is 0.550 e. The van der Waals surface area contributed by atoms with E-state index >= 15 is 0 Å². The minimum absolute atomic E-state index is 0. The van der Waals surface area contributed by atoms with Gasteiger partial charge in [-0.25, -0.2) is 29.5 Å². The van der Waals surface area contributed by atoms with Gasteiger partial charge in [0.05, 0.1) is 42.5 Å². The van der Waals surface area contributed by atoms with Crippen LogP contribution in [-0.4, -0.2) is 104 Å². The van der Waals surface area contributed by atoms with E-state index in [0.29, 0.717) is 22.8 Å². The molecular formula is C44H50N16O12Pt. The Morgan fingerprint density at radius 3 is 1.30 bits per heavy atom. The number of hydrogen-bond donors (Lipinski definition) is 12. The number of fused-ring (bicyclic) bond motifs is 2. The molecule has 6 aromatic rings. The largest absolute Gasteiger partial charge is 2.00 e. The van der Waals surface area contributed by atoms with Gasteiger partial charge in [-0.3, -0.25) is 29.1 Å². The summed E-state index contributed by atoms with van der Waals surface area (Å²) < 4.78 is 0. The predicted molar refractivity (Wildman–Crippen MR) is 253 cm³/mol. The van der Waals surface area contributed by atoms with E-state index in [9.17, 15) is 48.6 Å². The Balaban J connectivity index is 0.000000271. The van der Waals surface area contributed by atoms with Gasteiger partial charge in [-0.1, -0.05) is 19.3 Å². The molecule has 0 aliphatic heterocycles. The molecule has 0 radical (unpaired) electrons. The van der Waals surface area contributed by atoms with Gasteiger partial charge < -0.3 is 74.2 Å². The molecule has 7 rings (SSSR count). The van der Waals surface area contributed by atoms with Crippen LogP contribution >= 0.6 is 0 Å². The van der Waals surface area contributed by atoms with E-state index in [2.05, 4.69) is 61.1 Å². The molecule has 16 N–H and O–H groups in total. The van der Waals surface area contributed by atoms with Crippen LogP contribution in [0.25, 0.3) is 22.3 Å². The molecule has 1 aliphatic rings. The summed E-state index contributed by atoms with van der Waals surface area (Å²) >= 11 is 0. The molecule has 28 nitrogen and oxygen atoms in total. The summed E-state index contributed by atoms with van der Waals surface area (Å²) in [6.07, 6.45) is 7.08. The first-order chi connectivity index (χ1) is 34.2. The third-order valence-corrected chi connectivity index (χ3v) is 10.5. The number of hydrogen-bond acceptors (Lipinski definition) is 22. The number of nitrogens with two attached hydrogens (primary N) is 4. The van der Waals surface area contributed by atoms with Crippen LogP contribution in [-0.2, 0) is 53.3 Å². The number of nitrogens with one attached hydrogen (secondary N) is 6. The average Bonchev–Trinajstić information content (AvgIpc) is 3.33. The van der Waals surface area contributed by atoms with Gasteiger partial charge in [-0.15, -0.1) is 0 Å². The Bertz CT molecular complexity index is 2850. The molecule has 1 aliphatic carbocycles. The van der Waals surface area contributed by atoms with Crippen LogP contribution in [0, 0.1) is 0 Å². The van der Waals surface area contributed by atoms with E-state index in [1.807, 2.05) is 0 Å². The first-order valence-electron chi connectivity index (χ1n) is 21.9. The van der Waals surface area contributed by atoms with E-state index in [0.717, 1.165) is 12.8 Å². The zero-order valence-electron chi connectivity index (χ0n) is 38.5. The van der Waals surface area contributed by atoms with Crippen molar-refractivity contribution in [3.05, 3.63) is 104 Å². The summed E-state index contributed by atoms with van der Waals surface area (Å²) in [7, 11) is 0. The number of nitrogens with zero attached hydrogens (tertiary/aromatic N) is 6. The molecular weight excluding hydrogens is 1140 g/mol. The summed E-state index contributed by atoms with van der Waals surface area (Å²) in [6.45, 7) is 0.450. The van der Waals surface area contributed by atoms with E-state index in [4.69, 9.17) is 33.1 Å². The number of aromatic nitrogens is 8. The number of benzene rings is 2. The molecule has 2 aromatic carbocycles. The summed E-state index contributed by atoms with van der Waals surface area (Å²) in [5, 5.41) is 49.9. The van der Waals surface area contributed by atoms with Crippen LogP contribution in [0.15, 0.2) is 70.5 Å². The monoisotopic (exact) mass is 1190 g/mol. The second-order valence-corrected chi connectivity index (χ2v) is 16.2. The van der Waals surface area contributed by atoms with Crippen LogP contribution in [0.5, 0.6) is 0 Å². The molecule has 4 aromatic heterocycles. The Labute approximate surface area is 426 Å². The first kappa shape index (κ1) is 57.1. The van der Waals surface area contributed by atoms with Gasteiger partial charge in [-0.2, -0.15) is 9.97 Å². The number of aromatic amines is 2. The van der Waals surface area contributed by atoms with Crippen LogP contribution < -0.4 is 65.5 Å². The molecule has 4 heterocycles. The zero-order valence-corrected chi connectivity index (χ0v) is 40.8. The number of aliphatic carboxylic acids is 4. The zero-order chi connectivity index (χ0) is 52.5. The molecule has 2 atom stereocenters. The molecule has 29 heteroatoms. The van der Waals surface area contributed by atoms with Gasteiger partial charge in [-0.05, 0) is 87.1 Å². The van der Waals surface area contributed by atoms with Crippen LogP contribution in [0.3, 0.4) is 0 Å². The fourth-order valence-corrected chi connectivity index (χ4v) is 6.71. The molecule has 73 heavy (non-hydrogen) atoms. The maximum atomic E-state index is 12.3. The summed E-state index contributed by atoms with van der Waals surface area (Å²) in [5.41, 5.74) is 23.8. The number of carboxylic acid groups (broad SMARTS) is 4. The third-order valence-electron chi connectivity index (χ3n) is 10.5. The van der Waals surface area contributed by atoms with Gasteiger partial charge >= 0.3 is 33.0 Å². The summed E-state index contributed by atoms with van der Waals surface area (Å²) in [5.74, 6) is -6.91. The Kier molecular flexibility index (Phi) is 20.8. The number of rotatable bonds is 18. The van der Waals surface area contributed by atoms with Crippen LogP contribution in [0.2, 0.25) is 0 Å². The van der Waals surface area contributed by atoms with Gasteiger partial charge in [0.1, 0.15) is 12.1 Å². The number of carboxylic acids is 4. The van der Waals surface area contributed by atoms with Crippen molar-refractivity contribution in [2.45, 2.75) is 88.6 Å². The van der Waals surface area contributed by atoms with Crippen molar-refractivity contribution in [1.29, 1.82) is 0 Å². The van der Waals surface area contributed by atoms with Gasteiger partial charge in [0, 0.05) is 34.4 Å². The molecule has 0 spiro atoms. The summed E-state index contributed by atoms with van der Waals surface area (Å²) in [4.78, 5) is 121. The van der Waals surface area contributed by atoms with Crippen molar-refractivity contribution in [2.75, 3.05) is 22.1 Å². The molecule has 1 fully saturated rings. The maximum Gasteiger partial charge on any atom is 2.00 e. The number of amides is 2. The average molecular weight is 1190 g/mol. The Morgan fingerprint density at radius 2 is 0.986 bits per heavy atom. The quantitative estimate of drug-likeness (QED) is 0.0406. The number of carbonyl (C=O) groups is 6. The second-order valence-electron chi connectivity index (χ2n) is 16.2. The normalized spacial score (nSPS) is 13.2. The van der Waals surface area contributed by atoms with Gasteiger partial charge in [0.25, 0.3) is 22.9 Å². The van der Waals surface area contributed by atoms with Crippen molar-refractivity contribution in [1.82, 2.24) is 50.5 Å².